The standard InChI is InChI=1S/C15H25NO3S/c1-3-4-5-6-7-8-12-19-13-10-9-11-14(15(13)16)20(2,17)18/h9-11H,3-8,12,16H2,1-2H3. The van der Waals surface area contributed by atoms with Gasteiger partial charge < -0.3 is 10.5 Å². The van der Waals surface area contributed by atoms with Gasteiger partial charge in [0.05, 0.1) is 17.2 Å². The summed E-state index contributed by atoms with van der Waals surface area (Å²) in [5.41, 5.74) is 6.05. The van der Waals surface area contributed by atoms with E-state index in [2.05, 4.69) is 6.92 Å². The van der Waals surface area contributed by atoms with Gasteiger partial charge in [0.25, 0.3) is 0 Å². The van der Waals surface area contributed by atoms with Crippen LogP contribution in [0.2, 0.25) is 0 Å². The number of ether oxygens (including phenoxy) is 1. The van der Waals surface area contributed by atoms with E-state index in [0.29, 0.717) is 12.4 Å². The Hall–Kier alpha value is -1.23. The number of anilines is 1. The summed E-state index contributed by atoms with van der Waals surface area (Å²) in [4.78, 5) is 0.137. The normalized spacial score (nSPS) is 11.5. The summed E-state index contributed by atoms with van der Waals surface area (Å²) in [6, 6.07) is 4.87. The van der Waals surface area contributed by atoms with Crippen molar-refractivity contribution < 1.29 is 13.2 Å². The summed E-state index contributed by atoms with van der Waals surface area (Å²) >= 11 is 0. The smallest absolute Gasteiger partial charge is 0.177 e. The zero-order valence-corrected chi connectivity index (χ0v) is 13.2. The van der Waals surface area contributed by atoms with Crippen molar-refractivity contribution in [3.63, 3.8) is 0 Å². The molecule has 5 heteroatoms. The minimum absolute atomic E-state index is 0.137. The summed E-state index contributed by atoms with van der Waals surface area (Å²) < 4.78 is 28.7. The molecule has 0 spiro atoms. The second kappa shape index (κ2) is 8.15. The molecule has 0 aromatic heterocycles. The Morgan fingerprint density at radius 3 is 2.40 bits per heavy atom. The molecule has 20 heavy (non-hydrogen) atoms. The molecule has 0 amide bonds. The predicted octanol–water partition coefficient (Wildman–Crippen LogP) is 3.41. The number of sulfone groups is 1. The molecule has 0 heterocycles. The van der Waals surface area contributed by atoms with Crippen LogP contribution in [0.25, 0.3) is 0 Å². The largest absolute Gasteiger partial charge is 0.491 e. The maximum absolute atomic E-state index is 11.5. The molecule has 0 aliphatic carbocycles. The molecular formula is C15H25NO3S. The number of nitrogen functional groups attached to an aromatic ring is 1. The van der Waals surface area contributed by atoms with Gasteiger partial charge in [-0.2, -0.15) is 0 Å². The van der Waals surface area contributed by atoms with E-state index in [1.165, 1.54) is 31.7 Å². The summed E-state index contributed by atoms with van der Waals surface area (Å²) in [5, 5.41) is 0. The van der Waals surface area contributed by atoms with Crippen LogP contribution < -0.4 is 10.5 Å². The SMILES string of the molecule is CCCCCCCCOc1cccc(S(C)(=O)=O)c1N. The van der Waals surface area contributed by atoms with Gasteiger partial charge in [0, 0.05) is 6.26 Å². The van der Waals surface area contributed by atoms with Crippen LogP contribution in [-0.2, 0) is 9.84 Å². The van der Waals surface area contributed by atoms with E-state index >= 15 is 0 Å². The van der Waals surface area contributed by atoms with E-state index in [4.69, 9.17) is 10.5 Å². The van der Waals surface area contributed by atoms with Crippen molar-refractivity contribution in [3.05, 3.63) is 18.2 Å². The van der Waals surface area contributed by atoms with Gasteiger partial charge in [-0.3, -0.25) is 0 Å². The first-order valence-electron chi connectivity index (χ1n) is 7.18. The van der Waals surface area contributed by atoms with Crippen LogP contribution in [-0.4, -0.2) is 21.3 Å². The highest BCUT2D eigenvalue weighted by molar-refractivity contribution is 7.90. The van der Waals surface area contributed by atoms with Crippen molar-refractivity contribution in [3.8, 4) is 5.75 Å². The molecule has 1 aromatic rings. The highest BCUT2D eigenvalue weighted by atomic mass is 32.2. The van der Waals surface area contributed by atoms with Crippen molar-refractivity contribution >= 4 is 15.5 Å². The van der Waals surface area contributed by atoms with Gasteiger partial charge >= 0.3 is 0 Å². The number of hydrogen-bond acceptors (Lipinski definition) is 4. The van der Waals surface area contributed by atoms with E-state index in [1.54, 1.807) is 12.1 Å². The van der Waals surface area contributed by atoms with Gasteiger partial charge in [0.2, 0.25) is 0 Å². The molecule has 4 nitrogen and oxygen atoms in total. The average Bonchev–Trinajstić information content (AvgIpc) is 2.38. The highest BCUT2D eigenvalue weighted by Gasteiger charge is 2.14. The zero-order valence-electron chi connectivity index (χ0n) is 12.4. The van der Waals surface area contributed by atoms with Crippen LogP contribution >= 0.6 is 0 Å². The maximum atomic E-state index is 11.5. The first-order valence-corrected chi connectivity index (χ1v) is 9.07. The van der Waals surface area contributed by atoms with Gasteiger partial charge in [-0.25, -0.2) is 8.42 Å². The Bertz CT molecular complexity index is 512. The molecule has 0 aliphatic heterocycles. The lowest BCUT2D eigenvalue weighted by Gasteiger charge is -2.11. The van der Waals surface area contributed by atoms with Crippen molar-refractivity contribution in [2.24, 2.45) is 0 Å². The monoisotopic (exact) mass is 299 g/mol. The lowest BCUT2D eigenvalue weighted by Crippen LogP contribution is -2.06. The van der Waals surface area contributed by atoms with Crippen LogP contribution in [0.5, 0.6) is 5.75 Å². The molecule has 1 rings (SSSR count). The molecule has 2 N–H and O–H groups in total. The van der Waals surface area contributed by atoms with Crippen molar-refractivity contribution in [2.75, 3.05) is 18.6 Å². The Kier molecular flexibility index (Phi) is 6.85. The summed E-state index contributed by atoms with van der Waals surface area (Å²) in [6.45, 7) is 2.77. The molecule has 0 unspecified atom stereocenters. The van der Waals surface area contributed by atoms with Crippen molar-refractivity contribution in [1.29, 1.82) is 0 Å². The molecule has 0 atom stereocenters. The van der Waals surface area contributed by atoms with E-state index < -0.39 is 9.84 Å². The number of nitrogens with two attached hydrogens (primary N) is 1. The molecule has 0 saturated carbocycles. The first kappa shape index (κ1) is 16.8. The van der Waals surface area contributed by atoms with Crippen LogP contribution in [0.3, 0.4) is 0 Å². The van der Waals surface area contributed by atoms with Crippen LogP contribution in [0, 0.1) is 0 Å². The van der Waals surface area contributed by atoms with Crippen LogP contribution in [0.1, 0.15) is 45.4 Å². The van der Waals surface area contributed by atoms with Gasteiger partial charge in [0.1, 0.15) is 5.75 Å². The summed E-state index contributed by atoms with van der Waals surface area (Å²) in [6.07, 6.45) is 8.25. The molecule has 0 fully saturated rings. The van der Waals surface area contributed by atoms with Gasteiger partial charge in [-0.05, 0) is 18.6 Å². The third-order valence-corrected chi connectivity index (χ3v) is 4.34. The topological polar surface area (TPSA) is 69.4 Å². The molecule has 0 bridgehead atoms. The second-order valence-corrected chi connectivity index (χ2v) is 7.04. The minimum Gasteiger partial charge on any atom is -0.491 e. The lowest BCUT2D eigenvalue weighted by molar-refractivity contribution is 0.305. The molecule has 114 valence electrons. The van der Waals surface area contributed by atoms with Gasteiger partial charge in [0.15, 0.2) is 9.84 Å². The van der Waals surface area contributed by atoms with Gasteiger partial charge in [-0.1, -0.05) is 45.1 Å². The Morgan fingerprint density at radius 2 is 1.75 bits per heavy atom. The van der Waals surface area contributed by atoms with Crippen molar-refractivity contribution in [1.82, 2.24) is 0 Å². The molecular weight excluding hydrogens is 274 g/mol. The molecule has 0 saturated heterocycles. The summed E-state index contributed by atoms with van der Waals surface area (Å²) in [7, 11) is -3.31. The lowest BCUT2D eigenvalue weighted by atomic mass is 10.1. The van der Waals surface area contributed by atoms with Crippen molar-refractivity contribution in [2.45, 2.75) is 50.3 Å². The number of hydrogen-bond donors (Lipinski definition) is 1. The molecule has 0 radical (unpaired) electrons. The second-order valence-electron chi connectivity index (χ2n) is 5.06. The fourth-order valence-corrected chi connectivity index (χ4v) is 2.86. The van der Waals surface area contributed by atoms with E-state index in [9.17, 15) is 8.42 Å². The van der Waals surface area contributed by atoms with Gasteiger partial charge in [-0.15, -0.1) is 0 Å². The Morgan fingerprint density at radius 1 is 1.10 bits per heavy atom. The highest BCUT2D eigenvalue weighted by Crippen LogP contribution is 2.28. The third-order valence-electron chi connectivity index (χ3n) is 3.18. The quantitative estimate of drug-likeness (QED) is 0.560. The number of benzene rings is 1. The van der Waals surface area contributed by atoms with E-state index in [-0.39, 0.29) is 10.6 Å². The fraction of sp³-hybridized carbons (Fsp3) is 0.600. The van der Waals surface area contributed by atoms with Crippen LogP contribution in [0.15, 0.2) is 23.1 Å². The maximum Gasteiger partial charge on any atom is 0.177 e. The Labute approximate surface area is 122 Å². The minimum atomic E-state index is -3.31. The Balaban J connectivity index is 2.45. The number of rotatable bonds is 9. The predicted molar refractivity (Wildman–Crippen MR) is 82.8 cm³/mol. The van der Waals surface area contributed by atoms with Crippen LogP contribution in [0.4, 0.5) is 5.69 Å². The average molecular weight is 299 g/mol. The zero-order chi connectivity index (χ0) is 15.0. The third kappa shape index (κ3) is 5.41. The van der Waals surface area contributed by atoms with E-state index in [1.807, 2.05) is 0 Å². The number of unbranched alkanes of at least 4 members (excludes halogenated alkanes) is 5. The summed E-state index contributed by atoms with van der Waals surface area (Å²) in [5.74, 6) is 0.460. The van der Waals surface area contributed by atoms with E-state index in [0.717, 1.165) is 19.1 Å². The first-order chi connectivity index (χ1) is 9.46. The number of para-hydroxylation sites is 1. The molecule has 0 aliphatic rings. The fourth-order valence-electron chi connectivity index (χ4n) is 2.04. The molecule has 1 aromatic carbocycles.